The fourth-order valence-corrected chi connectivity index (χ4v) is 3.43. The maximum atomic E-state index is 11.9. The fraction of sp³-hybridized carbons (Fsp3) is 1.00. The van der Waals surface area contributed by atoms with Gasteiger partial charge in [-0.2, -0.15) is 0 Å². The van der Waals surface area contributed by atoms with Gasteiger partial charge >= 0.3 is 7.82 Å². The number of rotatable bonds is 17. The largest absolute Gasteiger partial charge is 0.472 e. The number of nitrogens with zero attached hydrogens (tertiary/aromatic N) is 1. The zero-order valence-corrected chi connectivity index (χ0v) is 17.7. The highest BCUT2D eigenvalue weighted by molar-refractivity contribution is 7.47. The molecule has 0 aliphatic rings. The molecule has 0 aliphatic carbocycles. The van der Waals surface area contributed by atoms with E-state index in [1.807, 2.05) is 21.1 Å². The topological polar surface area (TPSA) is 76.0 Å². The van der Waals surface area contributed by atoms with Gasteiger partial charge in [-0.3, -0.25) is 9.05 Å². The smallest absolute Gasteiger partial charge is 0.394 e. The number of aliphatic hydroxyl groups is 1. The van der Waals surface area contributed by atoms with Crippen LogP contribution in [0.4, 0.5) is 0 Å². The summed E-state index contributed by atoms with van der Waals surface area (Å²) in [5.74, 6) is 0. The van der Waals surface area contributed by atoms with Gasteiger partial charge in [-0.1, -0.05) is 64.7 Å². The van der Waals surface area contributed by atoms with Gasteiger partial charge in [0.25, 0.3) is 0 Å². The minimum atomic E-state index is -4.10. The Hall–Kier alpha value is 0.0300. The van der Waals surface area contributed by atoms with E-state index in [1.165, 1.54) is 44.9 Å². The molecular weight excluding hydrogens is 341 g/mol. The molecule has 0 saturated carbocycles. The highest BCUT2D eigenvalue weighted by Crippen LogP contribution is 2.45. The Morgan fingerprint density at radius 2 is 1.48 bits per heavy atom. The van der Waals surface area contributed by atoms with Crippen LogP contribution in [0.1, 0.15) is 71.1 Å². The van der Waals surface area contributed by atoms with Crippen LogP contribution in [0.15, 0.2) is 0 Å². The minimum absolute atomic E-state index is 0.146. The van der Waals surface area contributed by atoms with Crippen molar-refractivity contribution in [1.29, 1.82) is 0 Å². The summed E-state index contributed by atoms with van der Waals surface area (Å²) in [4.78, 5) is 9.75. The van der Waals surface area contributed by atoms with Gasteiger partial charge in [0, 0.05) is 0 Å². The first-order chi connectivity index (χ1) is 11.7. The van der Waals surface area contributed by atoms with Crippen LogP contribution in [0.2, 0.25) is 0 Å². The van der Waals surface area contributed by atoms with Gasteiger partial charge in [0.1, 0.15) is 13.2 Å². The lowest BCUT2D eigenvalue weighted by Gasteiger charge is -2.24. The summed E-state index contributed by atoms with van der Waals surface area (Å²) in [5.41, 5.74) is 0. The summed E-state index contributed by atoms with van der Waals surface area (Å²) in [6, 6.07) is 0. The maximum absolute atomic E-state index is 11.9. The number of hydrogen-bond donors (Lipinski definition) is 2. The lowest BCUT2D eigenvalue weighted by molar-refractivity contribution is -0.870. The van der Waals surface area contributed by atoms with E-state index in [4.69, 9.17) is 9.05 Å². The normalized spacial score (nSPS) is 15.9. The molecule has 0 fully saturated rings. The Balaban J connectivity index is 3.80. The highest BCUT2D eigenvalue weighted by Gasteiger charge is 2.27. The molecule has 2 atom stereocenters. The van der Waals surface area contributed by atoms with Crippen molar-refractivity contribution < 1.29 is 28.1 Å². The quantitative estimate of drug-likeness (QED) is 0.225. The average molecular weight is 383 g/mol. The van der Waals surface area contributed by atoms with Crippen molar-refractivity contribution in [3.63, 3.8) is 0 Å². The van der Waals surface area contributed by atoms with E-state index in [0.29, 0.717) is 17.4 Å². The summed E-state index contributed by atoms with van der Waals surface area (Å²) < 4.78 is 22.7. The van der Waals surface area contributed by atoms with Crippen molar-refractivity contribution in [1.82, 2.24) is 0 Å². The standard InChI is InChI=1S/C18H40NO5P/c1-5-6-7-8-9-10-11-12-13-14-18(17-20)24-25(21,22)23-16-15-19(2,3)4/h18,20H,5-17H2,1-4H3/p+1. The molecular formula is C18H41NO5P+. The molecule has 0 saturated heterocycles. The second-order valence-corrected chi connectivity index (χ2v) is 9.25. The van der Waals surface area contributed by atoms with E-state index in [2.05, 4.69) is 6.92 Å². The van der Waals surface area contributed by atoms with E-state index < -0.39 is 13.9 Å². The number of likely N-dealkylation sites (N-methyl/N-ethyl adjacent to an activating group) is 1. The molecule has 6 nitrogen and oxygen atoms in total. The van der Waals surface area contributed by atoms with Crippen LogP contribution in [0.25, 0.3) is 0 Å². The molecule has 0 heterocycles. The number of unbranched alkanes of at least 4 members (excludes halogenated alkanes) is 8. The zero-order valence-electron chi connectivity index (χ0n) is 16.8. The summed E-state index contributed by atoms with van der Waals surface area (Å²) in [7, 11) is 1.84. The third-order valence-electron chi connectivity index (χ3n) is 4.13. The Morgan fingerprint density at radius 1 is 0.960 bits per heavy atom. The molecule has 0 aromatic rings. The Labute approximate surface area is 154 Å². The van der Waals surface area contributed by atoms with Crippen molar-refractivity contribution in [2.75, 3.05) is 40.9 Å². The SMILES string of the molecule is CCCCCCCCCCCC(CO)OP(=O)(O)OCC[N+](C)(C)C. The van der Waals surface area contributed by atoms with Crippen molar-refractivity contribution in [3.8, 4) is 0 Å². The molecule has 0 bridgehead atoms. The van der Waals surface area contributed by atoms with E-state index >= 15 is 0 Å². The molecule has 0 spiro atoms. The Kier molecular flexibility index (Phi) is 14.1. The monoisotopic (exact) mass is 382 g/mol. The zero-order chi connectivity index (χ0) is 19.2. The second-order valence-electron chi connectivity index (χ2n) is 7.84. The summed E-state index contributed by atoms with van der Waals surface area (Å²) in [6.07, 6.45) is 10.8. The molecule has 0 rings (SSSR count). The van der Waals surface area contributed by atoms with Gasteiger partial charge < -0.3 is 14.5 Å². The second kappa shape index (κ2) is 14.1. The van der Waals surface area contributed by atoms with Crippen LogP contribution < -0.4 is 0 Å². The van der Waals surface area contributed by atoms with Gasteiger partial charge in [-0.15, -0.1) is 0 Å². The average Bonchev–Trinajstić information content (AvgIpc) is 2.50. The summed E-state index contributed by atoms with van der Waals surface area (Å²) in [5, 5.41) is 9.35. The third-order valence-corrected chi connectivity index (χ3v) is 5.21. The van der Waals surface area contributed by atoms with Crippen LogP contribution >= 0.6 is 7.82 Å². The number of hydrogen-bond acceptors (Lipinski definition) is 4. The van der Waals surface area contributed by atoms with Gasteiger partial charge in [-0.25, -0.2) is 4.57 Å². The number of phosphoric ester groups is 1. The molecule has 25 heavy (non-hydrogen) atoms. The van der Waals surface area contributed by atoms with Gasteiger partial charge in [0.15, 0.2) is 0 Å². The predicted octanol–water partition coefficient (Wildman–Crippen LogP) is 4.11. The first-order valence-electron chi connectivity index (χ1n) is 9.77. The lowest BCUT2D eigenvalue weighted by atomic mass is 10.1. The van der Waals surface area contributed by atoms with Gasteiger partial charge in [-0.05, 0) is 6.42 Å². The fourth-order valence-electron chi connectivity index (χ4n) is 2.51. The molecule has 2 unspecified atom stereocenters. The number of aliphatic hydroxyl groups excluding tert-OH is 1. The molecule has 2 N–H and O–H groups in total. The van der Waals surface area contributed by atoms with Crippen molar-refractivity contribution in [2.24, 2.45) is 0 Å². The van der Waals surface area contributed by atoms with Gasteiger partial charge in [0.05, 0.1) is 33.9 Å². The molecule has 152 valence electrons. The number of phosphoric acid groups is 1. The van der Waals surface area contributed by atoms with Crippen molar-refractivity contribution in [3.05, 3.63) is 0 Å². The molecule has 0 aliphatic heterocycles. The molecule has 0 radical (unpaired) electrons. The first kappa shape index (κ1) is 25.0. The summed E-state index contributed by atoms with van der Waals surface area (Å²) >= 11 is 0. The first-order valence-corrected chi connectivity index (χ1v) is 11.3. The molecule has 0 aromatic carbocycles. The Morgan fingerprint density at radius 3 is 1.96 bits per heavy atom. The van der Waals surface area contributed by atoms with E-state index in [1.54, 1.807) is 0 Å². The molecule has 7 heteroatoms. The van der Waals surface area contributed by atoms with E-state index in [9.17, 15) is 14.6 Å². The lowest BCUT2D eigenvalue weighted by Crippen LogP contribution is -2.37. The van der Waals surface area contributed by atoms with Crippen molar-refractivity contribution in [2.45, 2.75) is 77.2 Å². The Bertz CT molecular complexity index is 360. The van der Waals surface area contributed by atoms with Crippen LogP contribution in [0.5, 0.6) is 0 Å². The van der Waals surface area contributed by atoms with Crippen molar-refractivity contribution >= 4 is 7.82 Å². The van der Waals surface area contributed by atoms with Gasteiger partial charge in [0.2, 0.25) is 0 Å². The van der Waals surface area contributed by atoms with Crippen LogP contribution in [0, 0.1) is 0 Å². The third kappa shape index (κ3) is 17.2. The minimum Gasteiger partial charge on any atom is -0.394 e. The van der Waals surface area contributed by atoms with Crippen LogP contribution in [-0.2, 0) is 13.6 Å². The maximum Gasteiger partial charge on any atom is 0.472 e. The van der Waals surface area contributed by atoms with Crippen LogP contribution in [0.3, 0.4) is 0 Å². The van der Waals surface area contributed by atoms with E-state index in [-0.39, 0.29) is 13.2 Å². The predicted molar refractivity (Wildman–Crippen MR) is 102 cm³/mol. The molecule has 0 amide bonds. The van der Waals surface area contributed by atoms with E-state index in [0.717, 1.165) is 12.8 Å². The molecule has 0 aromatic heterocycles. The van der Waals surface area contributed by atoms with Crippen LogP contribution in [-0.4, -0.2) is 61.5 Å². The highest BCUT2D eigenvalue weighted by atomic mass is 31.2. The summed E-state index contributed by atoms with van der Waals surface area (Å²) in [6.45, 7) is 2.71. The number of quaternary nitrogens is 1.